The summed E-state index contributed by atoms with van der Waals surface area (Å²) in [5, 5.41) is 0. The van der Waals surface area contributed by atoms with E-state index in [0.29, 0.717) is 24.1 Å². The maximum atomic E-state index is 10.6. The van der Waals surface area contributed by atoms with Crippen molar-refractivity contribution in [1.29, 1.82) is 0 Å². The first-order valence-corrected chi connectivity index (χ1v) is 8.23. The Labute approximate surface area is 119 Å². The second-order valence-electron chi connectivity index (χ2n) is 4.69. The molecule has 1 atom stereocenters. The van der Waals surface area contributed by atoms with Gasteiger partial charge in [-0.15, -0.1) is 6.58 Å². The molecule has 4 heteroatoms. The molecule has 1 aliphatic heterocycles. The van der Waals surface area contributed by atoms with E-state index in [4.69, 9.17) is 9.05 Å². The van der Waals surface area contributed by atoms with Gasteiger partial charge in [-0.1, -0.05) is 42.5 Å². The van der Waals surface area contributed by atoms with Crippen molar-refractivity contribution in [2.75, 3.05) is 0 Å². The Hall–Kier alpha value is -1.83. The molecule has 0 spiro atoms. The van der Waals surface area contributed by atoms with Crippen molar-refractivity contribution in [1.82, 2.24) is 0 Å². The molecule has 3 rings (SSSR count). The molecule has 1 aliphatic rings. The van der Waals surface area contributed by atoms with Crippen molar-refractivity contribution in [3.63, 3.8) is 0 Å². The Balaban J connectivity index is 1.84. The zero-order valence-corrected chi connectivity index (χ0v) is 11.9. The molecule has 0 aromatic heterocycles. The topological polar surface area (TPSA) is 38.7 Å². The van der Waals surface area contributed by atoms with Crippen molar-refractivity contribution in [2.24, 2.45) is 0 Å². The quantitative estimate of drug-likeness (QED) is 0.678. The summed E-state index contributed by atoms with van der Waals surface area (Å²) in [4.78, 5) is 10.6. The van der Waals surface area contributed by atoms with E-state index in [9.17, 15) is 4.89 Å². The minimum atomic E-state index is -2.91. The second-order valence-corrected chi connectivity index (χ2v) is 6.64. The van der Waals surface area contributed by atoms with Crippen LogP contribution in [0.25, 0.3) is 0 Å². The van der Waals surface area contributed by atoms with Gasteiger partial charge in [0.05, 0.1) is 6.16 Å². The van der Waals surface area contributed by atoms with Gasteiger partial charge in [0.2, 0.25) is 0 Å². The second kappa shape index (κ2) is 5.28. The van der Waals surface area contributed by atoms with Crippen LogP contribution in [-0.2, 0) is 12.6 Å². The summed E-state index contributed by atoms with van der Waals surface area (Å²) in [5.74, 6) is 1.38. The minimum absolute atomic E-state index is 0.422. The fourth-order valence-corrected chi connectivity index (χ4v) is 4.08. The van der Waals surface area contributed by atoms with E-state index >= 15 is 0 Å². The van der Waals surface area contributed by atoms with Gasteiger partial charge in [-0.2, -0.15) is 0 Å². The largest absolute Gasteiger partial charge is 0.426 e. The maximum absolute atomic E-state index is 10.6. The van der Waals surface area contributed by atoms with Crippen LogP contribution in [0, 0.1) is 0 Å². The summed E-state index contributed by atoms with van der Waals surface area (Å²) in [5.41, 5.74) is 1.99. The molecule has 1 N–H and O–H groups in total. The molecule has 0 saturated heterocycles. The van der Waals surface area contributed by atoms with Crippen LogP contribution in [0.4, 0.5) is 0 Å². The fourth-order valence-electron chi connectivity index (χ4n) is 2.25. The van der Waals surface area contributed by atoms with Crippen molar-refractivity contribution in [3.8, 4) is 11.5 Å². The lowest BCUT2D eigenvalue weighted by molar-refractivity contribution is 0.357. The highest BCUT2D eigenvalue weighted by molar-refractivity contribution is 7.61. The van der Waals surface area contributed by atoms with E-state index in [0.717, 1.165) is 11.1 Å². The molecular weight excluding hydrogens is 271 g/mol. The molecule has 20 heavy (non-hydrogen) atoms. The highest BCUT2D eigenvalue weighted by Gasteiger charge is 2.39. The summed E-state index contributed by atoms with van der Waals surface area (Å²) < 4.78 is 11.5. The average Bonchev–Trinajstić information content (AvgIpc) is 2.77. The van der Waals surface area contributed by atoms with Gasteiger partial charge < -0.3 is 13.9 Å². The average molecular weight is 287 g/mol. The Kier molecular flexibility index (Phi) is 3.47. The summed E-state index contributed by atoms with van der Waals surface area (Å²) in [7, 11) is -2.91. The molecule has 1 radical (unpaired) electrons. The zero-order valence-electron chi connectivity index (χ0n) is 11.0. The number of benzene rings is 2. The highest BCUT2D eigenvalue weighted by Crippen LogP contribution is 2.64. The summed E-state index contributed by atoms with van der Waals surface area (Å²) in [6.07, 6.45) is 2.93. The number of rotatable bonds is 4. The van der Waals surface area contributed by atoms with Crippen LogP contribution in [0.2, 0.25) is 0 Å². The van der Waals surface area contributed by atoms with Gasteiger partial charge >= 0.3 is 7.94 Å². The normalized spacial score (nSPS) is 20.1. The first-order chi connectivity index (χ1) is 9.70. The smallest absolute Gasteiger partial charge is 0.339 e. The molecule has 1 heterocycles. The van der Waals surface area contributed by atoms with E-state index in [1.165, 1.54) is 0 Å². The molecule has 2 aromatic carbocycles. The lowest BCUT2D eigenvalue weighted by Crippen LogP contribution is -2.05. The third kappa shape index (κ3) is 2.55. The van der Waals surface area contributed by atoms with E-state index in [1.54, 1.807) is 0 Å². The Bertz CT molecular complexity index is 614. The molecular formula is C16H16O3P. The van der Waals surface area contributed by atoms with Crippen molar-refractivity contribution in [2.45, 2.75) is 12.6 Å². The number of hydrogen-bond donors (Lipinski definition) is 1. The molecule has 0 aliphatic carbocycles. The van der Waals surface area contributed by atoms with Crippen LogP contribution >= 0.6 is 7.94 Å². The van der Waals surface area contributed by atoms with E-state index < -0.39 is 7.94 Å². The molecule has 0 fully saturated rings. The summed E-state index contributed by atoms with van der Waals surface area (Å²) in [6.45, 7) is 3.74. The first-order valence-electron chi connectivity index (χ1n) is 6.47. The number of para-hydroxylation sites is 2. The standard InChI is InChI=1S/C16H16O3P/c1-2-7-13-8-3-5-10-15(13)18-20(17)12-14-9-4-6-11-16(14)19-20/h2-6,8-11,17H,1,7,12H2. The lowest BCUT2D eigenvalue weighted by atomic mass is 10.1. The van der Waals surface area contributed by atoms with Crippen LogP contribution in [0.1, 0.15) is 11.1 Å². The first kappa shape index (κ1) is 13.2. The Morgan fingerprint density at radius 3 is 2.75 bits per heavy atom. The van der Waals surface area contributed by atoms with Gasteiger partial charge in [0, 0.05) is 5.56 Å². The van der Waals surface area contributed by atoms with Crippen molar-refractivity contribution < 1.29 is 13.9 Å². The zero-order chi connectivity index (χ0) is 14.0. The van der Waals surface area contributed by atoms with Crippen molar-refractivity contribution >= 4 is 7.94 Å². The van der Waals surface area contributed by atoms with E-state index in [-0.39, 0.29) is 0 Å². The van der Waals surface area contributed by atoms with Gasteiger partial charge in [-0.3, -0.25) is 0 Å². The Morgan fingerprint density at radius 2 is 1.95 bits per heavy atom. The Morgan fingerprint density at radius 1 is 1.20 bits per heavy atom. The van der Waals surface area contributed by atoms with Gasteiger partial charge in [-0.05, 0) is 24.1 Å². The van der Waals surface area contributed by atoms with Gasteiger partial charge in [0.1, 0.15) is 11.5 Å². The molecule has 103 valence electrons. The molecule has 0 amide bonds. The maximum Gasteiger partial charge on any atom is 0.339 e. The van der Waals surface area contributed by atoms with Crippen LogP contribution in [-0.4, -0.2) is 4.89 Å². The van der Waals surface area contributed by atoms with Crippen LogP contribution in [0.3, 0.4) is 0 Å². The van der Waals surface area contributed by atoms with Crippen LogP contribution in [0.5, 0.6) is 11.5 Å². The van der Waals surface area contributed by atoms with Crippen LogP contribution < -0.4 is 9.05 Å². The monoisotopic (exact) mass is 287 g/mol. The van der Waals surface area contributed by atoms with Gasteiger partial charge in [0.25, 0.3) is 0 Å². The molecule has 0 bridgehead atoms. The molecule has 1 unspecified atom stereocenters. The van der Waals surface area contributed by atoms with Gasteiger partial charge in [-0.25, -0.2) is 0 Å². The number of fused-ring (bicyclic) bond motifs is 1. The molecule has 2 aromatic rings. The third-order valence-corrected chi connectivity index (χ3v) is 4.87. The third-order valence-electron chi connectivity index (χ3n) is 3.16. The van der Waals surface area contributed by atoms with Gasteiger partial charge in [0.15, 0.2) is 0 Å². The predicted molar refractivity (Wildman–Crippen MR) is 80.9 cm³/mol. The number of allylic oxidation sites excluding steroid dienone is 1. The summed E-state index contributed by atoms with van der Waals surface area (Å²) in [6, 6.07) is 15.3. The fraction of sp³-hybridized carbons (Fsp3) is 0.125. The van der Waals surface area contributed by atoms with Crippen LogP contribution in [0.15, 0.2) is 61.2 Å². The minimum Gasteiger partial charge on any atom is -0.426 e. The molecule has 0 saturated carbocycles. The SMILES string of the molecule is C=CCc1ccccc1O[P]1(O)Cc2ccccc2O1. The summed E-state index contributed by atoms with van der Waals surface area (Å²) >= 11 is 0. The lowest BCUT2D eigenvalue weighted by Gasteiger charge is -2.25. The van der Waals surface area contributed by atoms with Crippen molar-refractivity contribution in [3.05, 3.63) is 72.3 Å². The predicted octanol–water partition coefficient (Wildman–Crippen LogP) is 4.14. The van der Waals surface area contributed by atoms with E-state index in [2.05, 4.69) is 6.58 Å². The molecule has 3 nitrogen and oxygen atoms in total. The highest BCUT2D eigenvalue weighted by atomic mass is 31.2. The number of hydrogen-bond acceptors (Lipinski definition) is 3. The van der Waals surface area contributed by atoms with E-state index in [1.807, 2.05) is 54.6 Å².